The van der Waals surface area contributed by atoms with Gasteiger partial charge in [0, 0.05) is 37.0 Å². The lowest BCUT2D eigenvalue weighted by molar-refractivity contribution is 0.625. The van der Waals surface area contributed by atoms with Crippen LogP contribution in [0.3, 0.4) is 0 Å². The number of halogens is 1. The fraction of sp³-hybridized carbons (Fsp3) is 0.250. The summed E-state index contributed by atoms with van der Waals surface area (Å²) in [5.74, 6) is -0.189. The molecule has 0 fully saturated rings. The Hall–Kier alpha value is -1.84. The monoisotopic (exact) mass is 217 g/mol. The lowest BCUT2D eigenvalue weighted by atomic mass is 10.1. The molecule has 2 heterocycles. The van der Waals surface area contributed by atoms with E-state index >= 15 is 0 Å². The Kier molecular flexibility index (Phi) is 1.96. The fourth-order valence-corrected chi connectivity index (χ4v) is 2.14. The van der Waals surface area contributed by atoms with Crippen molar-refractivity contribution in [3.8, 4) is 0 Å². The third-order valence-corrected chi connectivity index (χ3v) is 3.04. The predicted molar refractivity (Wildman–Crippen MR) is 59.7 cm³/mol. The number of aryl methyl sites for hydroxylation is 1. The highest BCUT2D eigenvalue weighted by molar-refractivity contribution is 5.55. The van der Waals surface area contributed by atoms with E-state index in [1.807, 2.05) is 17.9 Å². The van der Waals surface area contributed by atoms with Gasteiger partial charge in [0.25, 0.3) is 0 Å². The Labute approximate surface area is 92.9 Å². The third kappa shape index (κ3) is 1.38. The predicted octanol–water partition coefficient (Wildman–Crippen LogP) is 2.08. The van der Waals surface area contributed by atoms with Crippen LogP contribution in [0.4, 0.5) is 10.1 Å². The highest BCUT2D eigenvalue weighted by Gasteiger charge is 2.16. The highest BCUT2D eigenvalue weighted by Crippen LogP contribution is 2.26. The number of nitrogens with one attached hydrogen (secondary N) is 1. The van der Waals surface area contributed by atoms with Crippen LogP contribution in [0.25, 0.3) is 0 Å². The molecule has 1 aliphatic heterocycles. The Morgan fingerprint density at radius 3 is 3.12 bits per heavy atom. The quantitative estimate of drug-likeness (QED) is 0.732. The lowest BCUT2D eigenvalue weighted by Crippen LogP contribution is -2.00. The first-order chi connectivity index (χ1) is 7.74. The average molecular weight is 217 g/mol. The van der Waals surface area contributed by atoms with Gasteiger partial charge in [-0.1, -0.05) is 0 Å². The number of fused-ring (bicyclic) bond motifs is 2. The molecule has 3 nitrogen and oxygen atoms in total. The Bertz CT molecular complexity index is 545. The van der Waals surface area contributed by atoms with E-state index in [0.29, 0.717) is 0 Å². The first-order valence-corrected chi connectivity index (χ1v) is 5.26. The number of rotatable bonds is 0. The molecule has 82 valence electrons. The zero-order valence-electron chi connectivity index (χ0n) is 9.00. The second-order valence-electron chi connectivity index (χ2n) is 4.07. The zero-order valence-corrected chi connectivity index (χ0v) is 9.00. The van der Waals surface area contributed by atoms with Gasteiger partial charge in [0.05, 0.1) is 6.20 Å². The molecule has 0 spiro atoms. The smallest absolute Gasteiger partial charge is 0.123 e. The van der Waals surface area contributed by atoms with Crippen LogP contribution in [-0.2, 0) is 20.0 Å². The molecular formula is C12H12FN3. The SMILES string of the molecule is Cn1ncc2c1Cc1cc(F)ccc1NC2. The van der Waals surface area contributed by atoms with E-state index in [0.717, 1.165) is 29.9 Å². The van der Waals surface area contributed by atoms with E-state index in [2.05, 4.69) is 10.4 Å². The van der Waals surface area contributed by atoms with Gasteiger partial charge in [0.1, 0.15) is 5.82 Å². The van der Waals surface area contributed by atoms with Crippen molar-refractivity contribution in [2.45, 2.75) is 13.0 Å². The summed E-state index contributed by atoms with van der Waals surface area (Å²) in [6.07, 6.45) is 2.59. The normalized spacial score (nSPS) is 13.6. The van der Waals surface area contributed by atoms with Crippen LogP contribution < -0.4 is 5.32 Å². The van der Waals surface area contributed by atoms with Crippen LogP contribution in [0.1, 0.15) is 16.8 Å². The molecule has 0 bridgehead atoms. The molecule has 0 saturated heterocycles. The minimum atomic E-state index is -0.189. The van der Waals surface area contributed by atoms with Gasteiger partial charge in [-0.25, -0.2) is 4.39 Å². The fourth-order valence-electron chi connectivity index (χ4n) is 2.14. The minimum absolute atomic E-state index is 0.189. The van der Waals surface area contributed by atoms with Gasteiger partial charge < -0.3 is 5.32 Å². The average Bonchev–Trinajstić information content (AvgIpc) is 2.51. The summed E-state index contributed by atoms with van der Waals surface area (Å²) >= 11 is 0. The van der Waals surface area contributed by atoms with E-state index in [1.54, 1.807) is 12.1 Å². The van der Waals surface area contributed by atoms with Crippen LogP contribution in [0.2, 0.25) is 0 Å². The van der Waals surface area contributed by atoms with Crippen molar-refractivity contribution in [3.05, 3.63) is 47.0 Å². The molecule has 3 rings (SSSR count). The highest BCUT2D eigenvalue weighted by atomic mass is 19.1. The molecule has 0 atom stereocenters. The van der Waals surface area contributed by atoms with E-state index in [-0.39, 0.29) is 5.82 Å². The molecule has 0 aliphatic carbocycles. The van der Waals surface area contributed by atoms with Gasteiger partial charge in [-0.3, -0.25) is 4.68 Å². The molecule has 0 saturated carbocycles. The number of hydrogen-bond acceptors (Lipinski definition) is 2. The largest absolute Gasteiger partial charge is 0.381 e. The van der Waals surface area contributed by atoms with E-state index in [9.17, 15) is 4.39 Å². The summed E-state index contributed by atoms with van der Waals surface area (Å²) < 4.78 is 15.0. The van der Waals surface area contributed by atoms with Gasteiger partial charge in [0.2, 0.25) is 0 Å². The summed E-state index contributed by atoms with van der Waals surface area (Å²) in [5, 5.41) is 7.52. The second kappa shape index (κ2) is 3.33. The number of benzene rings is 1. The molecule has 0 radical (unpaired) electrons. The van der Waals surface area contributed by atoms with Crippen LogP contribution in [0.5, 0.6) is 0 Å². The topological polar surface area (TPSA) is 29.9 Å². The number of hydrogen-bond donors (Lipinski definition) is 1. The van der Waals surface area contributed by atoms with Crippen LogP contribution in [-0.4, -0.2) is 9.78 Å². The number of nitrogens with zero attached hydrogens (tertiary/aromatic N) is 2. The summed E-state index contributed by atoms with van der Waals surface area (Å²) in [7, 11) is 1.92. The van der Waals surface area contributed by atoms with Crippen molar-refractivity contribution in [2.24, 2.45) is 7.05 Å². The summed E-state index contributed by atoms with van der Waals surface area (Å²) in [5.41, 5.74) is 4.33. The summed E-state index contributed by atoms with van der Waals surface area (Å²) in [4.78, 5) is 0. The van der Waals surface area contributed by atoms with E-state index < -0.39 is 0 Å². The van der Waals surface area contributed by atoms with Gasteiger partial charge in [-0.05, 0) is 23.8 Å². The van der Waals surface area contributed by atoms with E-state index in [4.69, 9.17) is 0 Å². The van der Waals surface area contributed by atoms with Crippen molar-refractivity contribution in [3.63, 3.8) is 0 Å². The molecule has 2 aromatic rings. The second-order valence-corrected chi connectivity index (χ2v) is 4.07. The Morgan fingerprint density at radius 1 is 1.38 bits per heavy atom. The maximum atomic E-state index is 13.2. The molecule has 0 amide bonds. The molecule has 0 unspecified atom stereocenters. The third-order valence-electron chi connectivity index (χ3n) is 3.04. The van der Waals surface area contributed by atoms with Gasteiger partial charge in [-0.15, -0.1) is 0 Å². The van der Waals surface area contributed by atoms with Gasteiger partial charge in [-0.2, -0.15) is 5.10 Å². The number of anilines is 1. The molecule has 16 heavy (non-hydrogen) atoms. The first-order valence-electron chi connectivity index (χ1n) is 5.26. The van der Waals surface area contributed by atoms with Crippen LogP contribution >= 0.6 is 0 Å². The molecule has 1 aromatic carbocycles. The standard InChI is InChI=1S/C12H12FN3/c1-16-12-5-8-4-10(13)2-3-11(8)14-6-9(12)7-15-16/h2-4,7,14H,5-6H2,1H3. The lowest BCUT2D eigenvalue weighted by Gasteiger charge is -2.07. The van der Waals surface area contributed by atoms with E-state index in [1.165, 1.54) is 11.6 Å². The molecular weight excluding hydrogens is 205 g/mol. The molecule has 1 aliphatic rings. The van der Waals surface area contributed by atoms with Crippen LogP contribution in [0, 0.1) is 5.82 Å². The molecule has 1 aromatic heterocycles. The molecule has 1 N–H and O–H groups in total. The van der Waals surface area contributed by atoms with Crippen molar-refractivity contribution >= 4 is 5.69 Å². The van der Waals surface area contributed by atoms with Gasteiger partial charge >= 0.3 is 0 Å². The Balaban J connectivity index is 2.11. The molecule has 4 heteroatoms. The summed E-state index contributed by atoms with van der Waals surface area (Å²) in [6, 6.07) is 4.87. The van der Waals surface area contributed by atoms with Crippen molar-refractivity contribution < 1.29 is 4.39 Å². The maximum absolute atomic E-state index is 13.2. The minimum Gasteiger partial charge on any atom is -0.381 e. The Morgan fingerprint density at radius 2 is 2.25 bits per heavy atom. The van der Waals surface area contributed by atoms with Crippen molar-refractivity contribution in [1.29, 1.82) is 0 Å². The first kappa shape index (κ1) is 9.39. The number of aromatic nitrogens is 2. The summed E-state index contributed by atoms with van der Waals surface area (Å²) in [6.45, 7) is 0.752. The van der Waals surface area contributed by atoms with Crippen molar-refractivity contribution in [2.75, 3.05) is 5.32 Å². The van der Waals surface area contributed by atoms with Gasteiger partial charge in [0.15, 0.2) is 0 Å². The van der Waals surface area contributed by atoms with Crippen LogP contribution in [0.15, 0.2) is 24.4 Å². The maximum Gasteiger partial charge on any atom is 0.123 e. The van der Waals surface area contributed by atoms with Crippen molar-refractivity contribution in [1.82, 2.24) is 9.78 Å². The zero-order chi connectivity index (χ0) is 11.1.